The number of guanidine groups is 1. The summed E-state index contributed by atoms with van der Waals surface area (Å²) in [5, 5.41) is 16.7. The molecule has 0 aromatic heterocycles. The Balaban J connectivity index is 1.81. The second-order valence-electron chi connectivity index (χ2n) is 6.94. The lowest BCUT2D eigenvalue weighted by Gasteiger charge is -2.38. The molecule has 3 N–H and O–H groups in total. The molecule has 126 valence electrons. The van der Waals surface area contributed by atoms with Gasteiger partial charge in [0.15, 0.2) is 5.96 Å². The number of piperazine rings is 1. The summed E-state index contributed by atoms with van der Waals surface area (Å²) in [6.45, 7) is 6.32. The van der Waals surface area contributed by atoms with E-state index in [9.17, 15) is 5.11 Å². The predicted molar refractivity (Wildman–Crippen MR) is 95.1 cm³/mol. The van der Waals surface area contributed by atoms with Gasteiger partial charge in [-0.05, 0) is 38.8 Å². The number of aliphatic imine (C=N–C) groups is 1. The average molecular weight is 316 g/mol. The van der Waals surface area contributed by atoms with Crippen molar-refractivity contribution in [3.05, 3.63) is 24.3 Å². The Bertz CT molecular complexity index is 544. The van der Waals surface area contributed by atoms with Crippen LogP contribution in [0.5, 0.6) is 5.75 Å². The molecule has 5 nitrogen and oxygen atoms in total. The Labute approximate surface area is 138 Å². The number of nitrogens with one attached hydrogen (secondary N) is 2. The van der Waals surface area contributed by atoms with E-state index in [1.807, 2.05) is 12.1 Å². The van der Waals surface area contributed by atoms with Gasteiger partial charge in [0.05, 0.1) is 6.04 Å². The third-order valence-corrected chi connectivity index (χ3v) is 4.59. The highest BCUT2D eigenvalue weighted by molar-refractivity contribution is 5.94. The monoisotopic (exact) mass is 316 g/mol. The van der Waals surface area contributed by atoms with Crippen molar-refractivity contribution in [2.75, 3.05) is 18.4 Å². The van der Waals surface area contributed by atoms with Crippen LogP contribution in [0.1, 0.15) is 39.5 Å². The first kappa shape index (κ1) is 16.1. The highest BCUT2D eigenvalue weighted by atomic mass is 16.3. The number of anilines is 1. The number of hydrogen-bond donors (Lipinski definition) is 3. The molecule has 1 aliphatic heterocycles. The van der Waals surface area contributed by atoms with E-state index in [4.69, 9.17) is 4.99 Å². The van der Waals surface area contributed by atoms with E-state index in [2.05, 4.69) is 29.4 Å². The molecule has 5 heteroatoms. The standard InChI is InChI=1S/C18H28N4O/c1-13-11-22(12-14(2)19-13)18(20-15-6-3-4-7-15)21-16-8-5-9-17(23)10-16/h5,8-10,13-15,19,23H,3-4,6-7,11-12H2,1-2H3,(H,20,21). The molecule has 2 aliphatic rings. The fourth-order valence-corrected chi connectivity index (χ4v) is 3.61. The highest BCUT2D eigenvalue weighted by Gasteiger charge is 2.25. The van der Waals surface area contributed by atoms with Crippen LogP contribution in [0, 0.1) is 0 Å². The van der Waals surface area contributed by atoms with Crippen LogP contribution in [0.4, 0.5) is 5.69 Å². The van der Waals surface area contributed by atoms with Gasteiger partial charge in [0.1, 0.15) is 5.75 Å². The van der Waals surface area contributed by atoms with Crippen molar-refractivity contribution in [3.63, 3.8) is 0 Å². The Hall–Kier alpha value is -1.75. The molecule has 0 bridgehead atoms. The van der Waals surface area contributed by atoms with Crippen molar-refractivity contribution >= 4 is 11.6 Å². The second kappa shape index (κ2) is 7.21. The van der Waals surface area contributed by atoms with Crippen molar-refractivity contribution in [2.45, 2.75) is 57.7 Å². The van der Waals surface area contributed by atoms with Crippen LogP contribution < -0.4 is 10.6 Å². The first-order valence-electron chi connectivity index (χ1n) is 8.75. The number of phenols is 1. The first-order chi connectivity index (χ1) is 11.1. The zero-order chi connectivity index (χ0) is 16.2. The molecule has 1 saturated heterocycles. The summed E-state index contributed by atoms with van der Waals surface area (Å²) in [5.74, 6) is 1.22. The van der Waals surface area contributed by atoms with Gasteiger partial charge in [0.25, 0.3) is 0 Å². The van der Waals surface area contributed by atoms with E-state index in [1.165, 1.54) is 25.7 Å². The molecular weight excluding hydrogens is 288 g/mol. The number of hydrogen-bond acceptors (Lipinski definition) is 3. The van der Waals surface area contributed by atoms with Gasteiger partial charge in [-0.3, -0.25) is 0 Å². The summed E-state index contributed by atoms with van der Waals surface area (Å²) in [4.78, 5) is 7.36. The quantitative estimate of drug-likeness (QED) is 0.580. The second-order valence-corrected chi connectivity index (χ2v) is 6.94. The van der Waals surface area contributed by atoms with Crippen molar-refractivity contribution < 1.29 is 5.11 Å². The third-order valence-electron chi connectivity index (χ3n) is 4.59. The smallest absolute Gasteiger partial charge is 0.198 e. The van der Waals surface area contributed by atoms with Crippen LogP contribution in [0.2, 0.25) is 0 Å². The fraction of sp³-hybridized carbons (Fsp3) is 0.611. The molecule has 0 amide bonds. The Kier molecular flexibility index (Phi) is 5.06. The molecular formula is C18H28N4O. The van der Waals surface area contributed by atoms with Crippen LogP contribution in [0.3, 0.4) is 0 Å². The zero-order valence-electron chi connectivity index (χ0n) is 14.1. The van der Waals surface area contributed by atoms with Gasteiger partial charge in [-0.1, -0.05) is 18.9 Å². The minimum absolute atomic E-state index is 0.275. The SMILES string of the molecule is CC1CN(C(=NC2CCCC2)Nc2cccc(O)c2)CC(C)N1. The van der Waals surface area contributed by atoms with Gasteiger partial charge in [-0.25, -0.2) is 4.99 Å². The maximum Gasteiger partial charge on any atom is 0.198 e. The molecule has 1 aliphatic carbocycles. The van der Waals surface area contributed by atoms with Crippen LogP contribution in [0.25, 0.3) is 0 Å². The molecule has 1 aromatic carbocycles. The van der Waals surface area contributed by atoms with Gasteiger partial charge in [-0.2, -0.15) is 0 Å². The first-order valence-corrected chi connectivity index (χ1v) is 8.75. The Morgan fingerprint density at radius 2 is 1.91 bits per heavy atom. The zero-order valence-corrected chi connectivity index (χ0v) is 14.1. The van der Waals surface area contributed by atoms with E-state index in [0.29, 0.717) is 18.1 Å². The van der Waals surface area contributed by atoms with Crippen molar-refractivity contribution in [3.8, 4) is 5.75 Å². The lowest BCUT2D eigenvalue weighted by atomic mass is 10.1. The molecule has 2 atom stereocenters. The summed E-state index contributed by atoms with van der Waals surface area (Å²) in [6, 6.07) is 8.58. The van der Waals surface area contributed by atoms with Gasteiger partial charge in [0.2, 0.25) is 0 Å². The number of nitrogens with zero attached hydrogens (tertiary/aromatic N) is 2. The number of phenolic OH excluding ortho intramolecular Hbond substituents is 1. The molecule has 2 fully saturated rings. The molecule has 0 spiro atoms. The third kappa shape index (κ3) is 4.38. The van der Waals surface area contributed by atoms with E-state index in [1.54, 1.807) is 12.1 Å². The maximum atomic E-state index is 9.70. The van der Waals surface area contributed by atoms with Gasteiger partial charge >= 0.3 is 0 Å². The van der Waals surface area contributed by atoms with Crippen LogP contribution in [-0.4, -0.2) is 47.2 Å². The van der Waals surface area contributed by atoms with Gasteiger partial charge in [0, 0.05) is 36.9 Å². The normalized spacial score (nSPS) is 26.5. The topological polar surface area (TPSA) is 59.9 Å². The molecule has 3 rings (SSSR count). The summed E-state index contributed by atoms with van der Waals surface area (Å²) in [6.07, 6.45) is 4.93. The van der Waals surface area contributed by atoms with E-state index in [-0.39, 0.29) is 5.75 Å². The van der Waals surface area contributed by atoms with Crippen LogP contribution in [0.15, 0.2) is 29.3 Å². The van der Waals surface area contributed by atoms with Gasteiger partial charge in [-0.15, -0.1) is 0 Å². The lowest BCUT2D eigenvalue weighted by molar-refractivity contribution is 0.253. The summed E-state index contributed by atoms with van der Waals surface area (Å²) in [7, 11) is 0. The minimum Gasteiger partial charge on any atom is -0.508 e. The summed E-state index contributed by atoms with van der Waals surface area (Å²) >= 11 is 0. The van der Waals surface area contributed by atoms with Crippen LogP contribution in [-0.2, 0) is 0 Å². The highest BCUT2D eigenvalue weighted by Crippen LogP contribution is 2.23. The molecule has 0 radical (unpaired) electrons. The molecule has 23 heavy (non-hydrogen) atoms. The van der Waals surface area contributed by atoms with E-state index in [0.717, 1.165) is 24.7 Å². The van der Waals surface area contributed by atoms with E-state index < -0.39 is 0 Å². The molecule has 2 unspecified atom stereocenters. The van der Waals surface area contributed by atoms with Gasteiger partial charge < -0.3 is 20.6 Å². The van der Waals surface area contributed by atoms with E-state index >= 15 is 0 Å². The van der Waals surface area contributed by atoms with Crippen molar-refractivity contribution in [2.24, 2.45) is 4.99 Å². The summed E-state index contributed by atoms with van der Waals surface area (Å²) < 4.78 is 0. The van der Waals surface area contributed by atoms with Crippen molar-refractivity contribution in [1.82, 2.24) is 10.2 Å². The maximum absolute atomic E-state index is 9.70. The average Bonchev–Trinajstić information content (AvgIpc) is 2.98. The minimum atomic E-state index is 0.275. The molecule has 1 saturated carbocycles. The number of benzene rings is 1. The Morgan fingerprint density at radius 1 is 1.22 bits per heavy atom. The van der Waals surface area contributed by atoms with Crippen LogP contribution >= 0.6 is 0 Å². The number of rotatable bonds is 2. The fourth-order valence-electron chi connectivity index (χ4n) is 3.61. The Morgan fingerprint density at radius 3 is 2.57 bits per heavy atom. The lowest BCUT2D eigenvalue weighted by Crippen LogP contribution is -2.57. The molecule has 1 heterocycles. The largest absolute Gasteiger partial charge is 0.508 e. The van der Waals surface area contributed by atoms with Crippen molar-refractivity contribution in [1.29, 1.82) is 0 Å². The molecule has 1 aromatic rings. The predicted octanol–water partition coefficient (Wildman–Crippen LogP) is 2.78. The summed E-state index contributed by atoms with van der Waals surface area (Å²) in [5.41, 5.74) is 0.889. The number of aromatic hydroxyl groups is 1.